The Labute approximate surface area is 110 Å². The van der Waals surface area contributed by atoms with Gasteiger partial charge in [-0.3, -0.25) is 0 Å². The van der Waals surface area contributed by atoms with Crippen LogP contribution in [-0.4, -0.2) is 25.0 Å². The van der Waals surface area contributed by atoms with Crippen molar-refractivity contribution in [2.75, 3.05) is 18.5 Å². The van der Waals surface area contributed by atoms with Crippen LogP contribution in [0, 0.1) is 11.6 Å². The van der Waals surface area contributed by atoms with Gasteiger partial charge in [-0.25, -0.2) is 8.78 Å². The van der Waals surface area contributed by atoms with Crippen LogP contribution in [0.4, 0.5) is 14.5 Å². The van der Waals surface area contributed by atoms with Crippen LogP contribution in [0.5, 0.6) is 0 Å². The van der Waals surface area contributed by atoms with Crippen LogP contribution in [0.3, 0.4) is 0 Å². The highest BCUT2D eigenvalue weighted by Crippen LogP contribution is 2.37. The highest BCUT2D eigenvalue weighted by molar-refractivity contribution is 5.46. The summed E-state index contributed by atoms with van der Waals surface area (Å²) < 4.78 is 38.4. The molecule has 2 aliphatic rings. The zero-order valence-electron chi connectivity index (χ0n) is 10.6. The molecule has 0 amide bonds. The fourth-order valence-corrected chi connectivity index (χ4v) is 2.83. The van der Waals surface area contributed by atoms with E-state index in [4.69, 9.17) is 9.47 Å². The number of nitrogens with one attached hydrogen (secondary N) is 1. The van der Waals surface area contributed by atoms with Gasteiger partial charge in [0.25, 0.3) is 0 Å². The van der Waals surface area contributed by atoms with E-state index in [0.29, 0.717) is 13.2 Å². The van der Waals surface area contributed by atoms with Gasteiger partial charge in [0, 0.05) is 18.9 Å². The van der Waals surface area contributed by atoms with Crippen LogP contribution in [-0.2, 0) is 9.47 Å². The smallest absolute Gasteiger partial charge is 0.168 e. The summed E-state index contributed by atoms with van der Waals surface area (Å²) in [6, 6.07) is 3.95. The molecule has 1 saturated carbocycles. The Balaban J connectivity index is 1.63. The molecule has 1 aromatic rings. The quantitative estimate of drug-likeness (QED) is 0.895. The first kappa shape index (κ1) is 12.8. The number of para-hydroxylation sites is 1. The van der Waals surface area contributed by atoms with E-state index in [1.54, 1.807) is 0 Å². The average Bonchev–Trinajstić information content (AvgIpc) is 2.85. The van der Waals surface area contributed by atoms with E-state index in [1.807, 2.05) is 0 Å². The lowest BCUT2D eigenvalue weighted by Gasteiger charge is -2.36. The standard InChI is InChI=1S/C14H17F2NO2/c15-11-2-1-3-12(16)13(11)17-10-4-6-14(7-5-10)18-8-9-19-14/h1-3,10,17H,4-9H2. The fraction of sp³-hybridized carbons (Fsp3) is 0.571. The van der Waals surface area contributed by atoms with Crippen molar-refractivity contribution >= 4 is 5.69 Å². The zero-order valence-corrected chi connectivity index (χ0v) is 10.6. The van der Waals surface area contributed by atoms with Gasteiger partial charge in [0.1, 0.15) is 17.3 Å². The molecule has 1 aliphatic carbocycles. The van der Waals surface area contributed by atoms with Crippen molar-refractivity contribution in [3.63, 3.8) is 0 Å². The minimum Gasteiger partial charge on any atom is -0.378 e. The molecule has 3 nitrogen and oxygen atoms in total. The predicted octanol–water partition coefficient (Wildman–Crippen LogP) is 3.06. The number of anilines is 1. The highest BCUT2D eigenvalue weighted by atomic mass is 19.1. The summed E-state index contributed by atoms with van der Waals surface area (Å²) in [6.07, 6.45) is 3.10. The Morgan fingerprint density at radius 2 is 1.63 bits per heavy atom. The molecule has 0 atom stereocenters. The van der Waals surface area contributed by atoms with Crippen molar-refractivity contribution in [1.82, 2.24) is 0 Å². The molecule has 5 heteroatoms. The van der Waals surface area contributed by atoms with Crippen LogP contribution < -0.4 is 5.32 Å². The number of rotatable bonds is 2. The number of halogens is 2. The maximum Gasteiger partial charge on any atom is 0.168 e. The van der Waals surface area contributed by atoms with E-state index in [0.717, 1.165) is 25.7 Å². The highest BCUT2D eigenvalue weighted by Gasteiger charge is 2.40. The average molecular weight is 269 g/mol. The first-order valence-corrected chi connectivity index (χ1v) is 6.67. The molecule has 19 heavy (non-hydrogen) atoms. The number of hydrogen-bond acceptors (Lipinski definition) is 3. The molecule has 2 fully saturated rings. The van der Waals surface area contributed by atoms with E-state index in [9.17, 15) is 8.78 Å². The lowest BCUT2D eigenvalue weighted by atomic mass is 9.90. The second kappa shape index (κ2) is 5.06. The van der Waals surface area contributed by atoms with Gasteiger partial charge in [-0.2, -0.15) is 0 Å². The molecule has 0 bridgehead atoms. The summed E-state index contributed by atoms with van der Waals surface area (Å²) in [5.74, 6) is -1.53. The maximum atomic E-state index is 13.5. The Bertz CT molecular complexity index is 431. The zero-order chi connectivity index (χ0) is 13.3. The van der Waals surface area contributed by atoms with Gasteiger partial charge in [0.15, 0.2) is 5.79 Å². The van der Waals surface area contributed by atoms with Crippen LogP contribution in [0.1, 0.15) is 25.7 Å². The SMILES string of the molecule is Fc1cccc(F)c1NC1CCC2(CC1)OCCO2. The monoisotopic (exact) mass is 269 g/mol. The molecule has 1 aliphatic heterocycles. The molecule has 0 unspecified atom stereocenters. The molecule has 0 aromatic heterocycles. The molecule has 1 heterocycles. The van der Waals surface area contributed by atoms with E-state index in [2.05, 4.69) is 5.32 Å². The van der Waals surface area contributed by atoms with Crippen LogP contribution in [0.2, 0.25) is 0 Å². The van der Waals surface area contributed by atoms with Crippen molar-refractivity contribution in [3.05, 3.63) is 29.8 Å². The van der Waals surface area contributed by atoms with Gasteiger partial charge >= 0.3 is 0 Å². The van der Waals surface area contributed by atoms with Gasteiger partial charge < -0.3 is 14.8 Å². The van der Waals surface area contributed by atoms with Crippen molar-refractivity contribution in [1.29, 1.82) is 0 Å². The first-order chi connectivity index (χ1) is 9.19. The van der Waals surface area contributed by atoms with Gasteiger partial charge in [-0.15, -0.1) is 0 Å². The van der Waals surface area contributed by atoms with E-state index in [1.165, 1.54) is 18.2 Å². The lowest BCUT2D eigenvalue weighted by Crippen LogP contribution is -2.39. The van der Waals surface area contributed by atoms with Gasteiger partial charge in [0.2, 0.25) is 0 Å². The molecular formula is C14H17F2NO2. The van der Waals surface area contributed by atoms with E-state index >= 15 is 0 Å². The van der Waals surface area contributed by atoms with Gasteiger partial charge in [0.05, 0.1) is 13.2 Å². The van der Waals surface area contributed by atoms with E-state index in [-0.39, 0.29) is 11.7 Å². The first-order valence-electron chi connectivity index (χ1n) is 6.67. The third-order valence-corrected chi connectivity index (χ3v) is 3.87. The van der Waals surface area contributed by atoms with Crippen LogP contribution >= 0.6 is 0 Å². The summed E-state index contributed by atoms with van der Waals surface area (Å²) >= 11 is 0. The minimum absolute atomic E-state index is 0.0308. The molecule has 1 saturated heterocycles. The van der Waals surface area contributed by atoms with Crippen molar-refractivity contribution < 1.29 is 18.3 Å². The Morgan fingerprint density at radius 3 is 2.21 bits per heavy atom. The number of ether oxygens (including phenoxy) is 2. The second-order valence-electron chi connectivity index (χ2n) is 5.12. The molecular weight excluding hydrogens is 252 g/mol. The fourth-order valence-electron chi connectivity index (χ4n) is 2.83. The molecule has 1 spiro atoms. The molecule has 0 radical (unpaired) electrons. The van der Waals surface area contributed by atoms with Crippen molar-refractivity contribution in [2.45, 2.75) is 37.5 Å². The number of hydrogen-bond donors (Lipinski definition) is 1. The summed E-state index contributed by atoms with van der Waals surface area (Å²) in [7, 11) is 0. The molecule has 1 N–H and O–H groups in total. The summed E-state index contributed by atoms with van der Waals surface area (Å²) in [4.78, 5) is 0. The lowest BCUT2D eigenvalue weighted by molar-refractivity contribution is -0.177. The Morgan fingerprint density at radius 1 is 1.05 bits per heavy atom. The van der Waals surface area contributed by atoms with Gasteiger partial charge in [-0.1, -0.05) is 6.07 Å². The molecule has 3 rings (SSSR count). The third kappa shape index (κ3) is 2.58. The van der Waals surface area contributed by atoms with Crippen LogP contribution in [0.15, 0.2) is 18.2 Å². The normalized spacial score (nSPS) is 22.8. The van der Waals surface area contributed by atoms with Gasteiger partial charge in [-0.05, 0) is 25.0 Å². The second-order valence-corrected chi connectivity index (χ2v) is 5.12. The van der Waals surface area contributed by atoms with Crippen molar-refractivity contribution in [2.24, 2.45) is 0 Å². The maximum absolute atomic E-state index is 13.5. The number of benzene rings is 1. The summed E-state index contributed by atoms with van der Waals surface area (Å²) in [5.41, 5.74) is -0.0308. The minimum atomic E-state index is -0.548. The largest absolute Gasteiger partial charge is 0.378 e. The predicted molar refractivity (Wildman–Crippen MR) is 66.9 cm³/mol. The third-order valence-electron chi connectivity index (χ3n) is 3.87. The Hall–Kier alpha value is -1.20. The molecule has 104 valence electrons. The van der Waals surface area contributed by atoms with E-state index < -0.39 is 17.4 Å². The summed E-state index contributed by atoms with van der Waals surface area (Å²) in [5, 5.41) is 2.96. The topological polar surface area (TPSA) is 30.5 Å². The Kier molecular flexibility index (Phi) is 3.41. The van der Waals surface area contributed by atoms with Crippen molar-refractivity contribution in [3.8, 4) is 0 Å². The van der Waals surface area contributed by atoms with Crippen LogP contribution in [0.25, 0.3) is 0 Å². The summed E-state index contributed by atoms with van der Waals surface area (Å²) in [6.45, 7) is 1.28. The molecule has 1 aromatic carbocycles.